The van der Waals surface area contributed by atoms with Crippen molar-refractivity contribution >= 4 is 17.0 Å². The predicted octanol–water partition coefficient (Wildman–Crippen LogP) is 0.893. The normalized spacial score (nSPS) is 12.9. The van der Waals surface area contributed by atoms with Gasteiger partial charge in [-0.1, -0.05) is 12.1 Å². The molecule has 0 aliphatic carbocycles. The molecule has 5 nitrogen and oxygen atoms in total. The Kier molecular flexibility index (Phi) is 2.26. The van der Waals surface area contributed by atoms with Gasteiger partial charge in [0.1, 0.15) is 0 Å². The second kappa shape index (κ2) is 3.48. The molecule has 0 saturated heterocycles. The number of aliphatic carboxylic acids is 1. The molecule has 0 radical (unpaired) electrons. The number of carbonyl (C=O) groups is 1. The summed E-state index contributed by atoms with van der Waals surface area (Å²) in [6.45, 7) is 0. The third kappa shape index (κ3) is 1.30. The highest BCUT2D eigenvalue weighted by Gasteiger charge is 2.23. The second-order valence-electron chi connectivity index (χ2n) is 3.37. The first-order valence-corrected chi connectivity index (χ1v) is 4.57. The standard InChI is InChI=1S/C10H9FN2O3/c1-12-6-4-2-3-5-7(6)13(10(12)16)8(11)9(14)15/h2-5,8H,1H3,(H,14,15). The van der Waals surface area contributed by atoms with Crippen LogP contribution < -0.4 is 5.69 Å². The predicted molar refractivity (Wildman–Crippen MR) is 55.0 cm³/mol. The third-order valence-corrected chi connectivity index (χ3v) is 2.43. The molecule has 1 N–H and O–H groups in total. The molecule has 1 aromatic carbocycles. The van der Waals surface area contributed by atoms with Gasteiger partial charge in [0.15, 0.2) is 0 Å². The summed E-state index contributed by atoms with van der Waals surface area (Å²) in [4.78, 5) is 22.2. The summed E-state index contributed by atoms with van der Waals surface area (Å²) in [5, 5.41) is 8.58. The molecule has 6 heteroatoms. The first kappa shape index (κ1) is 10.4. The first-order valence-electron chi connectivity index (χ1n) is 4.57. The Morgan fingerprint density at radius 1 is 1.38 bits per heavy atom. The fourth-order valence-electron chi connectivity index (χ4n) is 1.65. The number of rotatable bonds is 2. The number of fused-ring (bicyclic) bond motifs is 1. The highest BCUT2D eigenvalue weighted by molar-refractivity contribution is 5.79. The fraction of sp³-hybridized carbons (Fsp3) is 0.200. The van der Waals surface area contributed by atoms with E-state index in [0.717, 1.165) is 0 Å². The molecule has 0 aliphatic rings. The van der Waals surface area contributed by atoms with Crippen LogP contribution in [0.15, 0.2) is 29.1 Å². The Morgan fingerprint density at radius 2 is 1.94 bits per heavy atom. The van der Waals surface area contributed by atoms with E-state index in [1.54, 1.807) is 18.2 Å². The van der Waals surface area contributed by atoms with Crippen molar-refractivity contribution in [1.29, 1.82) is 0 Å². The Labute approximate surface area is 89.3 Å². The number of para-hydroxylation sites is 2. The lowest BCUT2D eigenvalue weighted by Crippen LogP contribution is -2.28. The molecule has 1 aromatic heterocycles. The Hall–Kier alpha value is -2.11. The van der Waals surface area contributed by atoms with Crippen molar-refractivity contribution in [2.75, 3.05) is 0 Å². The van der Waals surface area contributed by atoms with Crippen molar-refractivity contribution in [1.82, 2.24) is 9.13 Å². The van der Waals surface area contributed by atoms with E-state index in [9.17, 15) is 14.0 Å². The maximum absolute atomic E-state index is 13.4. The van der Waals surface area contributed by atoms with E-state index < -0.39 is 18.0 Å². The van der Waals surface area contributed by atoms with Crippen molar-refractivity contribution in [3.8, 4) is 0 Å². The van der Waals surface area contributed by atoms with E-state index >= 15 is 0 Å². The zero-order valence-electron chi connectivity index (χ0n) is 8.42. The van der Waals surface area contributed by atoms with Crippen LogP contribution in [0.25, 0.3) is 11.0 Å². The maximum Gasteiger partial charge on any atom is 0.360 e. The topological polar surface area (TPSA) is 64.2 Å². The highest BCUT2D eigenvalue weighted by Crippen LogP contribution is 2.17. The second-order valence-corrected chi connectivity index (χ2v) is 3.37. The van der Waals surface area contributed by atoms with Gasteiger partial charge < -0.3 is 5.11 Å². The van der Waals surface area contributed by atoms with Crippen LogP contribution in [0.3, 0.4) is 0 Å². The van der Waals surface area contributed by atoms with Crippen LogP contribution in [0.2, 0.25) is 0 Å². The smallest absolute Gasteiger partial charge is 0.360 e. The molecule has 0 bridgehead atoms. The number of imidazole rings is 1. The maximum atomic E-state index is 13.4. The SMILES string of the molecule is Cn1c(=O)n(C(F)C(=O)O)c2ccccc21. The number of benzene rings is 1. The summed E-state index contributed by atoms with van der Waals surface area (Å²) in [6, 6.07) is 6.45. The average molecular weight is 224 g/mol. The van der Waals surface area contributed by atoms with E-state index in [4.69, 9.17) is 5.11 Å². The van der Waals surface area contributed by atoms with Gasteiger partial charge in [-0.05, 0) is 12.1 Å². The Bertz CT molecular complexity index is 614. The minimum atomic E-state index is -2.36. The number of carboxylic acid groups (broad SMARTS) is 1. The van der Waals surface area contributed by atoms with Gasteiger partial charge in [0, 0.05) is 7.05 Å². The van der Waals surface area contributed by atoms with E-state index in [0.29, 0.717) is 10.1 Å². The lowest BCUT2D eigenvalue weighted by atomic mass is 10.3. The van der Waals surface area contributed by atoms with E-state index in [1.807, 2.05) is 0 Å². The molecule has 1 heterocycles. The van der Waals surface area contributed by atoms with Crippen molar-refractivity contribution < 1.29 is 14.3 Å². The van der Waals surface area contributed by atoms with Crippen LogP contribution in [0.5, 0.6) is 0 Å². The molecular formula is C10H9FN2O3. The number of aromatic nitrogens is 2. The first-order chi connectivity index (χ1) is 7.54. The average Bonchev–Trinajstić information content (AvgIpc) is 2.52. The molecule has 84 valence electrons. The summed E-state index contributed by atoms with van der Waals surface area (Å²) in [5.41, 5.74) is 0.0809. The monoisotopic (exact) mass is 224 g/mol. The summed E-state index contributed by atoms with van der Waals surface area (Å²) >= 11 is 0. The number of carboxylic acids is 1. The molecule has 0 spiro atoms. The lowest BCUT2D eigenvalue weighted by Gasteiger charge is -2.03. The van der Waals surface area contributed by atoms with E-state index in [1.165, 1.54) is 17.7 Å². The molecule has 0 saturated carbocycles. The van der Waals surface area contributed by atoms with Crippen LogP contribution >= 0.6 is 0 Å². The number of alkyl halides is 1. The summed E-state index contributed by atoms with van der Waals surface area (Å²) in [5.74, 6) is -1.68. The van der Waals surface area contributed by atoms with Gasteiger partial charge in [0.2, 0.25) is 0 Å². The molecule has 1 unspecified atom stereocenters. The Balaban J connectivity index is 2.84. The molecule has 0 amide bonds. The molecular weight excluding hydrogens is 215 g/mol. The van der Waals surface area contributed by atoms with Crippen molar-refractivity contribution in [2.24, 2.45) is 7.05 Å². The highest BCUT2D eigenvalue weighted by atomic mass is 19.1. The summed E-state index contributed by atoms with van der Waals surface area (Å²) in [6.07, 6.45) is -2.36. The Morgan fingerprint density at radius 3 is 2.50 bits per heavy atom. The third-order valence-electron chi connectivity index (χ3n) is 2.43. The quantitative estimate of drug-likeness (QED) is 0.824. The lowest BCUT2D eigenvalue weighted by molar-refractivity contribution is -0.146. The minimum absolute atomic E-state index is 0.268. The largest absolute Gasteiger partial charge is 0.478 e. The van der Waals surface area contributed by atoms with Gasteiger partial charge in [-0.15, -0.1) is 0 Å². The number of hydrogen-bond donors (Lipinski definition) is 1. The van der Waals surface area contributed by atoms with Gasteiger partial charge >= 0.3 is 11.7 Å². The molecule has 16 heavy (non-hydrogen) atoms. The molecule has 2 rings (SSSR count). The van der Waals surface area contributed by atoms with Crippen molar-refractivity contribution in [2.45, 2.75) is 6.30 Å². The zero-order chi connectivity index (χ0) is 11.9. The summed E-state index contributed by atoms with van der Waals surface area (Å²) in [7, 11) is 1.47. The van der Waals surface area contributed by atoms with E-state index in [2.05, 4.69) is 0 Å². The molecule has 2 aromatic rings. The molecule has 0 aliphatic heterocycles. The zero-order valence-corrected chi connectivity index (χ0v) is 8.42. The number of halogens is 1. The van der Waals surface area contributed by atoms with Gasteiger partial charge in [-0.25, -0.2) is 14.0 Å². The van der Waals surface area contributed by atoms with Gasteiger partial charge in [0.25, 0.3) is 6.30 Å². The number of hydrogen-bond acceptors (Lipinski definition) is 2. The van der Waals surface area contributed by atoms with Crippen molar-refractivity contribution in [3.63, 3.8) is 0 Å². The van der Waals surface area contributed by atoms with E-state index in [-0.39, 0.29) is 5.52 Å². The van der Waals surface area contributed by atoms with Crippen LogP contribution in [-0.4, -0.2) is 20.2 Å². The van der Waals surface area contributed by atoms with Gasteiger partial charge in [-0.3, -0.25) is 9.13 Å². The van der Waals surface area contributed by atoms with Crippen LogP contribution in [0.1, 0.15) is 6.30 Å². The number of aryl methyl sites for hydroxylation is 1. The minimum Gasteiger partial charge on any atom is -0.478 e. The van der Waals surface area contributed by atoms with Crippen molar-refractivity contribution in [3.05, 3.63) is 34.7 Å². The van der Waals surface area contributed by atoms with Gasteiger partial charge in [-0.2, -0.15) is 0 Å². The summed E-state index contributed by atoms with van der Waals surface area (Å²) < 4.78 is 15.2. The fourth-order valence-corrected chi connectivity index (χ4v) is 1.65. The number of nitrogens with zero attached hydrogens (tertiary/aromatic N) is 2. The molecule has 1 atom stereocenters. The van der Waals surface area contributed by atoms with Gasteiger partial charge in [0.05, 0.1) is 11.0 Å². The van der Waals surface area contributed by atoms with Crippen LogP contribution in [0, 0.1) is 0 Å². The molecule has 0 fully saturated rings. The van der Waals surface area contributed by atoms with Crippen LogP contribution in [-0.2, 0) is 11.8 Å². The van der Waals surface area contributed by atoms with Crippen LogP contribution in [0.4, 0.5) is 4.39 Å².